The fourth-order valence-electron chi connectivity index (χ4n) is 1.53. The lowest BCUT2D eigenvalue weighted by Crippen LogP contribution is -2.19. The highest BCUT2D eigenvalue weighted by molar-refractivity contribution is 5.75. The van der Waals surface area contributed by atoms with E-state index in [-0.39, 0.29) is 5.56 Å². The van der Waals surface area contributed by atoms with Crippen molar-refractivity contribution in [2.24, 2.45) is 0 Å². The van der Waals surface area contributed by atoms with Crippen LogP contribution in [0.25, 0.3) is 11.0 Å². The predicted molar refractivity (Wildman–Crippen MR) is 60.9 cm³/mol. The second-order valence-corrected chi connectivity index (χ2v) is 3.29. The van der Waals surface area contributed by atoms with Crippen LogP contribution in [0.3, 0.4) is 0 Å². The van der Waals surface area contributed by atoms with Crippen molar-refractivity contribution < 1.29 is 0 Å². The number of fused-ring (bicyclic) bond motifs is 1. The van der Waals surface area contributed by atoms with Crippen molar-refractivity contribution >= 4 is 11.0 Å². The van der Waals surface area contributed by atoms with Crippen molar-refractivity contribution in [3.8, 4) is 6.07 Å². The van der Waals surface area contributed by atoms with E-state index in [2.05, 4.69) is 11.6 Å². The first kappa shape index (κ1) is 10.1. The predicted octanol–water partition coefficient (Wildman–Crippen LogP) is 1.45. The zero-order valence-electron chi connectivity index (χ0n) is 8.55. The number of pyridine rings is 2. The largest absolute Gasteiger partial charge is 0.289 e. The van der Waals surface area contributed by atoms with E-state index in [4.69, 9.17) is 5.26 Å². The molecular weight excluding hydrogens is 202 g/mol. The Hall–Kier alpha value is -2.41. The number of nitriles is 1. The summed E-state index contributed by atoms with van der Waals surface area (Å²) in [4.78, 5) is 15.7. The van der Waals surface area contributed by atoms with Crippen LogP contribution in [0.2, 0.25) is 0 Å². The molecule has 0 amide bonds. The number of nitrogens with zero attached hydrogens (tertiary/aromatic N) is 3. The van der Waals surface area contributed by atoms with Gasteiger partial charge in [0.25, 0.3) is 5.56 Å². The van der Waals surface area contributed by atoms with E-state index in [9.17, 15) is 4.79 Å². The molecular formula is C12H9N3O. The summed E-state index contributed by atoms with van der Waals surface area (Å²) < 4.78 is 1.49. The lowest BCUT2D eigenvalue weighted by atomic mass is 10.2. The number of hydrogen-bond acceptors (Lipinski definition) is 3. The average molecular weight is 211 g/mol. The molecule has 4 nitrogen and oxygen atoms in total. The van der Waals surface area contributed by atoms with Gasteiger partial charge in [0.1, 0.15) is 17.4 Å². The zero-order valence-corrected chi connectivity index (χ0v) is 8.55. The molecule has 0 fully saturated rings. The van der Waals surface area contributed by atoms with E-state index in [0.717, 1.165) is 5.39 Å². The second kappa shape index (κ2) is 3.99. The Labute approximate surface area is 92.1 Å². The SMILES string of the molecule is C=CCn1c(=O)ccc2ccc(C#N)nc21. The average Bonchev–Trinajstić information content (AvgIpc) is 2.32. The fourth-order valence-corrected chi connectivity index (χ4v) is 1.53. The molecule has 0 saturated carbocycles. The number of allylic oxidation sites excluding steroid dienone is 1. The summed E-state index contributed by atoms with van der Waals surface area (Å²) in [5.41, 5.74) is 0.678. The highest BCUT2D eigenvalue weighted by Crippen LogP contribution is 2.10. The maximum atomic E-state index is 11.6. The van der Waals surface area contributed by atoms with Gasteiger partial charge in [0, 0.05) is 18.0 Å². The third-order valence-corrected chi connectivity index (χ3v) is 2.26. The van der Waals surface area contributed by atoms with Crippen LogP contribution in [0.5, 0.6) is 0 Å². The topological polar surface area (TPSA) is 58.7 Å². The highest BCUT2D eigenvalue weighted by Gasteiger charge is 2.03. The Morgan fingerprint density at radius 3 is 2.88 bits per heavy atom. The quantitative estimate of drug-likeness (QED) is 0.706. The van der Waals surface area contributed by atoms with Gasteiger partial charge in [-0.15, -0.1) is 6.58 Å². The fraction of sp³-hybridized carbons (Fsp3) is 0.0833. The van der Waals surface area contributed by atoms with Crippen LogP contribution in [0, 0.1) is 11.3 Å². The summed E-state index contributed by atoms with van der Waals surface area (Å²) in [5.74, 6) is 0. The normalized spacial score (nSPS) is 9.94. The third-order valence-electron chi connectivity index (χ3n) is 2.26. The van der Waals surface area contributed by atoms with E-state index in [1.54, 1.807) is 24.3 Å². The first-order valence-corrected chi connectivity index (χ1v) is 4.78. The van der Waals surface area contributed by atoms with Crippen LogP contribution in [0.4, 0.5) is 0 Å². The van der Waals surface area contributed by atoms with Gasteiger partial charge in [-0.1, -0.05) is 6.08 Å². The van der Waals surface area contributed by atoms with E-state index in [0.29, 0.717) is 17.9 Å². The first-order valence-electron chi connectivity index (χ1n) is 4.78. The number of hydrogen-bond donors (Lipinski definition) is 0. The van der Waals surface area contributed by atoms with Gasteiger partial charge in [0.2, 0.25) is 0 Å². The van der Waals surface area contributed by atoms with E-state index in [1.165, 1.54) is 10.6 Å². The van der Waals surface area contributed by atoms with E-state index < -0.39 is 0 Å². The van der Waals surface area contributed by atoms with Crippen LogP contribution in [0.1, 0.15) is 5.69 Å². The summed E-state index contributed by atoms with van der Waals surface area (Å²) in [7, 11) is 0. The van der Waals surface area contributed by atoms with Crippen LogP contribution < -0.4 is 5.56 Å². The number of aromatic nitrogens is 2. The maximum Gasteiger partial charge on any atom is 0.252 e. The molecule has 0 saturated heterocycles. The molecule has 78 valence electrons. The van der Waals surface area contributed by atoms with Gasteiger partial charge in [-0.25, -0.2) is 4.98 Å². The highest BCUT2D eigenvalue weighted by atomic mass is 16.1. The molecule has 0 aliphatic carbocycles. The number of rotatable bonds is 2. The lowest BCUT2D eigenvalue weighted by molar-refractivity contribution is 0.805. The van der Waals surface area contributed by atoms with Crippen molar-refractivity contribution in [2.75, 3.05) is 0 Å². The van der Waals surface area contributed by atoms with Crippen LogP contribution >= 0.6 is 0 Å². The van der Waals surface area contributed by atoms with Gasteiger partial charge in [0.15, 0.2) is 0 Å². The van der Waals surface area contributed by atoms with E-state index in [1.807, 2.05) is 6.07 Å². The maximum absolute atomic E-state index is 11.6. The second-order valence-electron chi connectivity index (χ2n) is 3.29. The van der Waals surface area contributed by atoms with Gasteiger partial charge in [0.05, 0.1) is 0 Å². The molecule has 16 heavy (non-hydrogen) atoms. The summed E-state index contributed by atoms with van der Waals surface area (Å²) in [6, 6.07) is 8.55. The van der Waals surface area contributed by atoms with Gasteiger partial charge < -0.3 is 0 Å². The minimum atomic E-state index is -0.144. The first-order chi connectivity index (χ1) is 7.76. The van der Waals surface area contributed by atoms with Gasteiger partial charge in [-0.05, 0) is 18.2 Å². The molecule has 2 aromatic rings. The summed E-state index contributed by atoms with van der Waals surface area (Å²) >= 11 is 0. The Kier molecular flexibility index (Phi) is 2.52. The van der Waals surface area contributed by atoms with Crippen molar-refractivity contribution in [3.63, 3.8) is 0 Å². The molecule has 2 heterocycles. The Balaban J connectivity index is 2.84. The van der Waals surface area contributed by atoms with Gasteiger partial charge in [-0.3, -0.25) is 9.36 Å². The van der Waals surface area contributed by atoms with Crippen LogP contribution in [-0.2, 0) is 6.54 Å². The zero-order chi connectivity index (χ0) is 11.5. The Bertz CT molecular complexity index is 649. The van der Waals surface area contributed by atoms with Crippen LogP contribution in [-0.4, -0.2) is 9.55 Å². The third kappa shape index (κ3) is 1.59. The molecule has 0 aliphatic heterocycles. The minimum absolute atomic E-state index is 0.144. The molecule has 0 aliphatic rings. The van der Waals surface area contributed by atoms with Gasteiger partial charge >= 0.3 is 0 Å². The van der Waals surface area contributed by atoms with Crippen LogP contribution in [0.15, 0.2) is 41.7 Å². The Morgan fingerprint density at radius 1 is 1.44 bits per heavy atom. The standard InChI is InChI=1S/C12H9N3O/c1-2-7-15-11(16)6-4-9-3-5-10(8-13)14-12(9)15/h2-6H,1,7H2. The molecule has 2 rings (SSSR count). The monoisotopic (exact) mass is 211 g/mol. The molecule has 0 atom stereocenters. The molecule has 0 spiro atoms. The summed E-state index contributed by atoms with van der Waals surface area (Å²) in [5, 5.41) is 9.60. The van der Waals surface area contributed by atoms with E-state index >= 15 is 0 Å². The van der Waals surface area contributed by atoms with Crippen molar-refractivity contribution in [1.82, 2.24) is 9.55 Å². The minimum Gasteiger partial charge on any atom is -0.289 e. The van der Waals surface area contributed by atoms with Crippen molar-refractivity contribution in [2.45, 2.75) is 6.54 Å². The Morgan fingerprint density at radius 2 is 2.19 bits per heavy atom. The molecule has 0 bridgehead atoms. The lowest BCUT2D eigenvalue weighted by Gasteiger charge is -2.06. The van der Waals surface area contributed by atoms with Gasteiger partial charge in [-0.2, -0.15) is 5.26 Å². The smallest absolute Gasteiger partial charge is 0.252 e. The molecule has 0 aromatic carbocycles. The molecule has 0 radical (unpaired) electrons. The molecule has 2 aromatic heterocycles. The van der Waals surface area contributed by atoms with Crippen molar-refractivity contribution in [3.05, 3.63) is 53.0 Å². The summed E-state index contributed by atoms with van der Waals surface area (Å²) in [6.45, 7) is 3.98. The molecule has 0 unspecified atom stereocenters. The molecule has 4 heteroatoms. The summed E-state index contributed by atoms with van der Waals surface area (Å²) in [6.07, 6.45) is 1.63. The molecule has 0 N–H and O–H groups in total. The van der Waals surface area contributed by atoms with Crippen molar-refractivity contribution in [1.29, 1.82) is 5.26 Å².